The second-order valence-electron chi connectivity index (χ2n) is 31.2. The molecule has 0 radical (unpaired) electrons. The minimum Gasteiger partial charge on any atom is -0.465 e. The Morgan fingerprint density at radius 2 is 0.703 bits per heavy atom. The van der Waals surface area contributed by atoms with Crippen molar-refractivity contribution in [2.24, 2.45) is 0 Å². The summed E-state index contributed by atoms with van der Waals surface area (Å²) in [5.41, 5.74) is 7.89. The average molecular weight is 1700 g/mol. The molecule has 0 spiro atoms. The van der Waals surface area contributed by atoms with Crippen LogP contribution in [0.3, 0.4) is 0 Å². The zero-order valence-electron chi connectivity index (χ0n) is 68.2. The summed E-state index contributed by atoms with van der Waals surface area (Å²) in [6.07, 6.45) is 5.36. The van der Waals surface area contributed by atoms with Gasteiger partial charge in [0.1, 0.15) is 0 Å². The van der Waals surface area contributed by atoms with Crippen molar-refractivity contribution in [1.82, 2.24) is 29.3 Å². The zero-order valence-corrected chi connectivity index (χ0v) is 70.6. The summed E-state index contributed by atoms with van der Waals surface area (Å²) in [7, 11) is -3.48. The Hall–Kier alpha value is -10.2. The van der Waals surface area contributed by atoms with Crippen molar-refractivity contribution in [3.05, 3.63) is 262 Å². The van der Waals surface area contributed by atoms with E-state index < -0.39 is 60.5 Å². The Kier molecular flexibility index (Phi) is 26.9. The number of ether oxygens (including phenoxy) is 3. The van der Waals surface area contributed by atoms with Gasteiger partial charge in [0.05, 0.1) is 126 Å². The Bertz CT molecular complexity index is 5400. The number of aryl methyl sites for hydroxylation is 1. The molecule has 0 amide bonds. The number of carbonyl (C=O) groups excluding carboxylic acids is 3. The van der Waals surface area contributed by atoms with Crippen LogP contribution in [0.25, 0.3) is 66.1 Å². The van der Waals surface area contributed by atoms with E-state index in [1.807, 2.05) is 183 Å². The lowest BCUT2D eigenvalue weighted by molar-refractivity contribution is -0.0911. The van der Waals surface area contributed by atoms with Gasteiger partial charge < -0.3 is 42.1 Å². The minimum absolute atomic E-state index is 0.346. The van der Waals surface area contributed by atoms with Crippen LogP contribution in [-0.4, -0.2) is 144 Å². The van der Waals surface area contributed by atoms with Crippen LogP contribution in [-0.2, 0) is 76.1 Å². The molecule has 0 aliphatic carbocycles. The molecule has 0 unspecified atom stereocenters. The van der Waals surface area contributed by atoms with Crippen molar-refractivity contribution in [3.8, 4) is 33.4 Å². The van der Waals surface area contributed by atoms with E-state index in [1.54, 1.807) is 30.6 Å². The molecule has 118 heavy (non-hydrogen) atoms. The lowest BCUT2D eigenvalue weighted by Crippen LogP contribution is -2.41. The first-order valence-electron chi connectivity index (χ1n) is 37.7. The van der Waals surface area contributed by atoms with Gasteiger partial charge in [-0.05, 0) is 175 Å². The maximum absolute atomic E-state index is 12.6. The number of carbonyl (C=O) groups is 3. The minimum atomic E-state index is -6.15. The van der Waals surface area contributed by atoms with E-state index >= 15 is 0 Å². The number of rotatable bonds is 16. The summed E-state index contributed by atoms with van der Waals surface area (Å²) in [6, 6.07) is 67.0. The van der Waals surface area contributed by atoms with Gasteiger partial charge in [0.25, 0.3) is 0 Å². The van der Waals surface area contributed by atoms with Crippen molar-refractivity contribution in [1.29, 1.82) is 0 Å². The standard InChI is InChI=1S/C28H29BN2O4.C23H20N2O2.C22H17BrN2O2.C12H24B2O4.C2HF5O3S/c1-27(2)28(3,4)35-29(34-27)24-16-15-22(26(32)33-5)25-23(24)17-30-31(25)18-19-11-13-21(14-12-19)20-9-7-6-8-10-20;1-16-8-13-20(23(26)27-2)22-21(16)14-24-25(22)15-17-9-11-19(12-10-17)18-6-4-3-5-7-18;1-27-22(26)18-11-12-20(23)19-13-24-25(21(18)19)14-15-7-9-17(10-8-15)16-5-3-2-4-6-16;1-9(2)10(3,4)16-13(15-9)14-17-11(5,6)12(7,8)18-14;3-1(4)10-11(8,9)2(5,6)7/h6-17H,18H2,1-5H3;3-14H,15H2,1-2H3;2-13H,14H2,1H3;1-8H3;1H. The molecule has 3 aromatic heterocycles. The number of benzene rings is 9. The Morgan fingerprint density at radius 1 is 0.415 bits per heavy atom. The van der Waals surface area contributed by atoms with Crippen LogP contribution in [0, 0.1) is 6.92 Å². The third-order valence-corrected chi connectivity index (χ3v) is 23.4. The maximum Gasteiger partial charge on any atom is 0.523 e. The van der Waals surface area contributed by atoms with E-state index in [4.69, 9.17) is 42.1 Å². The topological polar surface area (TPSA) is 231 Å². The van der Waals surface area contributed by atoms with Crippen molar-refractivity contribution >= 4 is 103 Å². The highest BCUT2D eigenvalue weighted by atomic mass is 79.9. The van der Waals surface area contributed by atoms with Gasteiger partial charge in [0.2, 0.25) is 0 Å². The molecule has 3 aliphatic rings. The normalized spacial score (nSPS) is 16.1. The van der Waals surface area contributed by atoms with E-state index in [9.17, 15) is 44.8 Å². The van der Waals surface area contributed by atoms with Crippen LogP contribution in [0.1, 0.15) is 136 Å². The Balaban J connectivity index is 0.000000151. The number of aromatic nitrogens is 6. The third kappa shape index (κ3) is 19.7. The molecule has 0 saturated carbocycles. The van der Waals surface area contributed by atoms with E-state index in [0.29, 0.717) is 41.8 Å². The Morgan fingerprint density at radius 3 is 1.03 bits per heavy atom. The smallest absolute Gasteiger partial charge is 0.465 e. The summed E-state index contributed by atoms with van der Waals surface area (Å²) < 4.78 is 135. The van der Waals surface area contributed by atoms with Crippen LogP contribution in [0.5, 0.6) is 0 Å². The maximum atomic E-state index is 12.6. The highest BCUT2D eigenvalue weighted by Crippen LogP contribution is 2.44. The molecule has 12 aromatic rings. The fraction of sp³-hybridized carbons (Fsp3) is 0.310. The fourth-order valence-corrected chi connectivity index (χ4v) is 13.8. The average Bonchev–Trinajstić information content (AvgIpc) is 1.60. The zero-order chi connectivity index (χ0) is 85.7. The lowest BCUT2D eigenvalue weighted by Gasteiger charge is -2.32. The largest absolute Gasteiger partial charge is 0.523 e. The molecule has 616 valence electrons. The van der Waals surface area contributed by atoms with Crippen LogP contribution in [0.4, 0.5) is 22.0 Å². The molecule has 9 aromatic carbocycles. The first-order chi connectivity index (χ1) is 55.6. The molecule has 0 bridgehead atoms. The van der Waals surface area contributed by atoms with E-state index in [2.05, 4.69) is 145 Å². The second-order valence-corrected chi connectivity index (χ2v) is 33.6. The molecule has 3 fully saturated rings. The van der Waals surface area contributed by atoms with Gasteiger partial charge in [-0.3, -0.25) is 14.0 Å². The molecule has 15 rings (SSSR count). The van der Waals surface area contributed by atoms with Crippen LogP contribution >= 0.6 is 15.9 Å². The molecule has 31 heteroatoms. The van der Waals surface area contributed by atoms with Gasteiger partial charge >= 0.3 is 61.3 Å². The molecule has 0 atom stereocenters. The van der Waals surface area contributed by atoms with Gasteiger partial charge in [0, 0.05) is 20.6 Å². The summed E-state index contributed by atoms with van der Waals surface area (Å²) in [6.45, 7) is 24.0. The number of esters is 3. The number of hydrogen-bond donors (Lipinski definition) is 0. The molecular formula is C87H91B3BrF5N6O15S. The molecule has 3 aliphatic heterocycles. The predicted octanol–water partition coefficient (Wildman–Crippen LogP) is 18.3. The number of fused-ring (bicyclic) bond motifs is 3. The highest BCUT2D eigenvalue weighted by molar-refractivity contribution is 9.10. The van der Waals surface area contributed by atoms with Crippen molar-refractivity contribution in [3.63, 3.8) is 0 Å². The fourth-order valence-electron chi connectivity index (χ4n) is 13.1. The van der Waals surface area contributed by atoms with Crippen LogP contribution in [0.2, 0.25) is 0 Å². The third-order valence-electron chi connectivity index (χ3n) is 21.8. The SMILES string of the molecule is CC1(C)OB(B2OC(C)(C)C(C)(C)O2)OC1(C)C.COC(=O)c1ccc(B2OC(C)(C)C(C)(C)O2)c2cnn(Cc3ccc(-c4ccccc4)cc3)c12.COC(=O)c1ccc(Br)c2cnn(Cc3ccc(-c4ccccc4)cc3)c12.COC(=O)c1ccc(C)c2cnn(Cc3ccc(-c4ccccc4)cc3)c12.O=S(=O)(OC(F)F)C(F)(F)F. The van der Waals surface area contributed by atoms with Gasteiger partial charge in [-0.1, -0.05) is 192 Å². The van der Waals surface area contributed by atoms with Crippen molar-refractivity contribution in [2.45, 2.75) is 155 Å². The molecule has 0 N–H and O–H groups in total. The Labute approximate surface area is 692 Å². The van der Waals surface area contributed by atoms with Gasteiger partial charge in [0.15, 0.2) is 0 Å². The summed E-state index contributed by atoms with van der Waals surface area (Å²) >= 11 is 3.53. The van der Waals surface area contributed by atoms with Crippen molar-refractivity contribution in [2.75, 3.05) is 21.3 Å². The van der Waals surface area contributed by atoms with Crippen LogP contribution < -0.4 is 5.46 Å². The predicted molar refractivity (Wildman–Crippen MR) is 449 cm³/mol. The van der Waals surface area contributed by atoms with Crippen molar-refractivity contribution < 1.29 is 91.1 Å². The lowest BCUT2D eigenvalue weighted by atomic mass is 9.49. The second kappa shape index (κ2) is 35.8. The molecule has 6 heterocycles. The quantitative estimate of drug-likeness (QED) is 0.0218. The van der Waals surface area contributed by atoms with Gasteiger partial charge in [-0.2, -0.15) is 49.8 Å². The number of nitrogens with zero attached hydrogens (tertiary/aromatic N) is 6. The molecular weight excluding hydrogens is 1610 g/mol. The number of halogens is 6. The first-order valence-corrected chi connectivity index (χ1v) is 39.9. The summed E-state index contributed by atoms with van der Waals surface area (Å²) in [5, 5.41) is 16.3. The highest BCUT2D eigenvalue weighted by Gasteiger charge is 2.64. The van der Waals surface area contributed by atoms with E-state index in [1.165, 1.54) is 49.1 Å². The molecule has 3 saturated heterocycles. The summed E-state index contributed by atoms with van der Waals surface area (Å²) in [4.78, 5) is 37.0. The van der Waals surface area contributed by atoms with Gasteiger partial charge in [-0.15, -0.1) is 0 Å². The summed E-state index contributed by atoms with van der Waals surface area (Å²) in [5.74, 6) is -1.12. The molecule has 21 nitrogen and oxygen atoms in total. The number of methoxy groups -OCH3 is 3. The van der Waals surface area contributed by atoms with E-state index in [-0.39, 0.29) is 34.3 Å². The van der Waals surface area contributed by atoms with Gasteiger partial charge in [-0.25, -0.2) is 14.4 Å². The number of alkyl halides is 5. The van der Waals surface area contributed by atoms with Crippen LogP contribution in [0.15, 0.2) is 223 Å². The number of hydrogen-bond acceptors (Lipinski definition) is 18. The monoisotopic (exact) mass is 1700 g/mol. The first kappa shape index (κ1) is 88.6. The van der Waals surface area contributed by atoms with E-state index in [0.717, 1.165) is 64.9 Å².